The number of likely N-dealkylation sites (tertiary alicyclic amines) is 1. The molecule has 2 atom stereocenters. The minimum absolute atomic E-state index is 0.0621. The van der Waals surface area contributed by atoms with E-state index in [9.17, 15) is 13.2 Å². The van der Waals surface area contributed by atoms with Gasteiger partial charge in [0.15, 0.2) is 5.69 Å². The first-order valence-electron chi connectivity index (χ1n) is 13.4. The number of hydrogen-bond donors (Lipinski definition) is 1. The second kappa shape index (κ2) is 11.0. The van der Waals surface area contributed by atoms with Gasteiger partial charge in [0.25, 0.3) is 5.91 Å². The molecule has 8 nitrogen and oxygen atoms in total. The second-order valence-corrected chi connectivity index (χ2v) is 12.8. The van der Waals surface area contributed by atoms with Gasteiger partial charge in [0, 0.05) is 37.2 Å². The lowest BCUT2D eigenvalue weighted by molar-refractivity contribution is 0.0905. The van der Waals surface area contributed by atoms with Crippen molar-refractivity contribution in [3.63, 3.8) is 0 Å². The zero-order valence-corrected chi connectivity index (χ0v) is 22.0. The molecule has 0 radical (unpaired) electrons. The standard InChI is InChI=1S/C27H38N4O4S/c1-20-17-24(28-27(32)25-18-26(35-29-25)23-7-8-23)12-16-31(20)36(33,34)19-22-10-14-30(15-11-22)13-9-21-5-3-2-4-6-21/h2-6,18,20,22-24H,7-17,19H2,1H3,(H,28,32)/t20-,24-/m1/s1. The number of aromatic nitrogens is 1. The highest BCUT2D eigenvalue weighted by Crippen LogP contribution is 2.40. The van der Waals surface area contributed by atoms with E-state index >= 15 is 0 Å². The summed E-state index contributed by atoms with van der Waals surface area (Å²) in [5.74, 6) is 1.40. The van der Waals surface area contributed by atoms with E-state index in [0.717, 1.165) is 57.5 Å². The van der Waals surface area contributed by atoms with Crippen LogP contribution >= 0.6 is 0 Å². The Balaban J connectivity index is 1.06. The summed E-state index contributed by atoms with van der Waals surface area (Å²) in [7, 11) is -3.33. The average molecular weight is 515 g/mol. The Hall–Kier alpha value is -2.23. The van der Waals surface area contributed by atoms with Crippen LogP contribution < -0.4 is 5.32 Å². The molecule has 1 saturated carbocycles. The molecule has 2 aliphatic heterocycles. The van der Waals surface area contributed by atoms with Crippen LogP contribution in [0.15, 0.2) is 40.9 Å². The normalized spacial score (nSPS) is 24.6. The van der Waals surface area contributed by atoms with E-state index in [1.165, 1.54) is 5.56 Å². The van der Waals surface area contributed by atoms with E-state index < -0.39 is 10.0 Å². The molecule has 1 N–H and O–H groups in total. The molecule has 0 spiro atoms. The Kier molecular flexibility index (Phi) is 7.79. The van der Waals surface area contributed by atoms with Crippen molar-refractivity contribution in [2.24, 2.45) is 5.92 Å². The molecule has 3 aliphatic rings. The van der Waals surface area contributed by atoms with Gasteiger partial charge < -0.3 is 14.7 Å². The number of amides is 1. The summed E-state index contributed by atoms with van der Waals surface area (Å²) in [6.45, 7) is 5.33. The van der Waals surface area contributed by atoms with Crippen LogP contribution in [-0.4, -0.2) is 72.7 Å². The maximum atomic E-state index is 13.3. The lowest BCUT2D eigenvalue weighted by atomic mass is 9.98. The number of piperidine rings is 2. The zero-order chi connectivity index (χ0) is 25.1. The Labute approximate surface area is 214 Å². The van der Waals surface area contributed by atoms with Crippen LogP contribution in [0.4, 0.5) is 0 Å². The van der Waals surface area contributed by atoms with Gasteiger partial charge in [0.2, 0.25) is 10.0 Å². The minimum Gasteiger partial charge on any atom is -0.360 e. The molecule has 2 aromatic rings. The van der Waals surface area contributed by atoms with E-state index in [0.29, 0.717) is 31.0 Å². The molecule has 1 aromatic carbocycles. The van der Waals surface area contributed by atoms with Gasteiger partial charge in [-0.15, -0.1) is 0 Å². The number of carbonyl (C=O) groups is 1. The number of hydrogen-bond acceptors (Lipinski definition) is 6. The first kappa shape index (κ1) is 25.4. The molecule has 9 heteroatoms. The van der Waals surface area contributed by atoms with Gasteiger partial charge in [-0.25, -0.2) is 8.42 Å². The lowest BCUT2D eigenvalue weighted by Crippen LogP contribution is -2.52. The highest BCUT2D eigenvalue weighted by atomic mass is 32.2. The Morgan fingerprint density at radius 2 is 1.83 bits per heavy atom. The third kappa shape index (κ3) is 6.36. The molecular weight excluding hydrogens is 476 g/mol. The van der Waals surface area contributed by atoms with Gasteiger partial charge in [-0.1, -0.05) is 35.5 Å². The van der Waals surface area contributed by atoms with Crippen molar-refractivity contribution >= 4 is 15.9 Å². The Bertz CT molecular complexity index is 1120. The highest BCUT2D eigenvalue weighted by Gasteiger charge is 2.36. The van der Waals surface area contributed by atoms with Gasteiger partial charge in [-0.2, -0.15) is 4.31 Å². The van der Waals surface area contributed by atoms with Gasteiger partial charge in [-0.3, -0.25) is 4.79 Å². The van der Waals surface area contributed by atoms with Crippen LogP contribution in [0.2, 0.25) is 0 Å². The van der Waals surface area contributed by atoms with E-state index in [2.05, 4.69) is 39.6 Å². The van der Waals surface area contributed by atoms with Crippen LogP contribution in [0.25, 0.3) is 0 Å². The SMILES string of the molecule is C[C@@H]1C[C@H](NC(=O)c2cc(C3CC3)on2)CCN1S(=O)(=O)CC1CCN(CCc2ccccc2)CC1. The fourth-order valence-electron chi connectivity index (χ4n) is 5.61. The maximum absolute atomic E-state index is 13.3. The van der Waals surface area contributed by atoms with Crippen molar-refractivity contribution in [2.75, 3.05) is 31.9 Å². The zero-order valence-electron chi connectivity index (χ0n) is 21.1. The molecular formula is C27H38N4O4S. The minimum atomic E-state index is -3.33. The molecule has 5 rings (SSSR count). The van der Waals surface area contributed by atoms with Crippen molar-refractivity contribution in [2.45, 2.75) is 69.9 Å². The summed E-state index contributed by atoms with van der Waals surface area (Å²) >= 11 is 0. The number of carbonyl (C=O) groups excluding carboxylic acids is 1. The third-order valence-electron chi connectivity index (χ3n) is 7.96. The Morgan fingerprint density at radius 3 is 2.53 bits per heavy atom. The van der Waals surface area contributed by atoms with Gasteiger partial charge in [-0.05, 0) is 76.4 Å². The molecule has 0 bridgehead atoms. The highest BCUT2D eigenvalue weighted by molar-refractivity contribution is 7.89. The van der Waals surface area contributed by atoms with Crippen molar-refractivity contribution in [1.29, 1.82) is 0 Å². The van der Waals surface area contributed by atoms with Gasteiger partial charge in [0.1, 0.15) is 5.76 Å². The smallest absolute Gasteiger partial charge is 0.273 e. The molecule has 1 amide bonds. The van der Waals surface area contributed by atoms with Crippen molar-refractivity contribution < 1.29 is 17.7 Å². The van der Waals surface area contributed by atoms with Crippen molar-refractivity contribution in [1.82, 2.24) is 19.7 Å². The van der Waals surface area contributed by atoms with Gasteiger partial charge in [0.05, 0.1) is 5.75 Å². The summed E-state index contributed by atoms with van der Waals surface area (Å²) in [6.07, 6.45) is 6.29. The molecule has 2 saturated heterocycles. The third-order valence-corrected chi connectivity index (χ3v) is 10.1. The number of nitrogens with one attached hydrogen (secondary N) is 1. The van der Waals surface area contributed by atoms with Crippen LogP contribution in [0.1, 0.15) is 73.2 Å². The summed E-state index contributed by atoms with van der Waals surface area (Å²) in [5, 5.41) is 6.95. The lowest BCUT2D eigenvalue weighted by Gasteiger charge is -2.38. The first-order valence-corrected chi connectivity index (χ1v) is 15.0. The van der Waals surface area contributed by atoms with Crippen LogP contribution in [0.5, 0.6) is 0 Å². The predicted molar refractivity (Wildman–Crippen MR) is 138 cm³/mol. The molecule has 36 heavy (non-hydrogen) atoms. The van der Waals surface area contributed by atoms with Crippen molar-refractivity contribution in [3.05, 3.63) is 53.4 Å². The van der Waals surface area contributed by atoms with E-state index in [1.54, 1.807) is 10.4 Å². The fourth-order valence-corrected chi connectivity index (χ4v) is 7.75. The first-order chi connectivity index (χ1) is 17.4. The molecule has 196 valence electrons. The van der Waals surface area contributed by atoms with E-state index in [-0.39, 0.29) is 29.7 Å². The second-order valence-electron chi connectivity index (χ2n) is 10.8. The number of nitrogens with zero attached hydrogens (tertiary/aromatic N) is 3. The summed E-state index contributed by atoms with van der Waals surface area (Å²) in [6, 6.07) is 12.0. The number of benzene rings is 1. The monoisotopic (exact) mass is 514 g/mol. The van der Waals surface area contributed by atoms with E-state index in [4.69, 9.17) is 4.52 Å². The van der Waals surface area contributed by atoms with Crippen LogP contribution in [0.3, 0.4) is 0 Å². The fraction of sp³-hybridized carbons (Fsp3) is 0.630. The number of rotatable bonds is 9. The molecule has 1 aliphatic carbocycles. The topological polar surface area (TPSA) is 95.7 Å². The van der Waals surface area contributed by atoms with E-state index in [1.807, 2.05) is 13.0 Å². The Morgan fingerprint density at radius 1 is 1.08 bits per heavy atom. The van der Waals surface area contributed by atoms with Gasteiger partial charge >= 0.3 is 0 Å². The largest absolute Gasteiger partial charge is 0.360 e. The maximum Gasteiger partial charge on any atom is 0.273 e. The quantitative estimate of drug-likeness (QED) is 0.551. The summed E-state index contributed by atoms with van der Waals surface area (Å²) in [4.78, 5) is 15.1. The summed E-state index contributed by atoms with van der Waals surface area (Å²) in [5.41, 5.74) is 1.66. The molecule has 3 heterocycles. The van der Waals surface area contributed by atoms with Crippen LogP contribution in [0, 0.1) is 5.92 Å². The molecule has 0 unspecified atom stereocenters. The summed E-state index contributed by atoms with van der Waals surface area (Å²) < 4.78 is 33.5. The average Bonchev–Trinajstić information content (AvgIpc) is 3.60. The molecule has 1 aromatic heterocycles. The van der Waals surface area contributed by atoms with Crippen molar-refractivity contribution in [3.8, 4) is 0 Å². The predicted octanol–water partition coefficient (Wildman–Crippen LogP) is 3.42. The van der Waals surface area contributed by atoms with Crippen LogP contribution in [-0.2, 0) is 16.4 Å². The molecule has 3 fully saturated rings. The number of sulfonamides is 1.